The van der Waals surface area contributed by atoms with Crippen molar-refractivity contribution in [2.24, 2.45) is 5.73 Å². The number of nitrogens with one attached hydrogen (secondary N) is 1. The van der Waals surface area contributed by atoms with Crippen molar-refractivity contribution in [3.8, 4) is 11.9 Å². The lowest BCUT2D eigenvalue weighted by molar-refractivity contribution is 0.379. The minimum Gasteiger partial charge on any atom is -0.420 e. The molecule has 19 heavy (non-hydrogen) atoms. The number of rotatable bonds is 1. The molecule has 3 rings (SSSR count). The van der Waals surface area contributed by atoms with Crippen molar-refractivity contribution in [3.05, 3.63) is 58.6 Å². The van der Waals surface area contributed by atoms with E-state index >= 15 is 0 Å². The third-order valence-corrected chi connectivity index (χ3v) is 3.26. The molecule has 0 saturated carbocycles. The Bertz CT molecular complexity index is 694. The number of hydrogen-bond acceptors (Lipinski definition) is 4. The van der Waals surface area contributed by atoms with Crippen molar-refractivity contribution in [3.63, 3.8) is 0 Å². The summed E-state index contributed by atoms with van der Waals surface area (Å²) in [6.07, 6.45) is 0. The zero-order valence-electron chi connectivity index (χ0n) is 10.3. The molecule has 0 bridgehead atoms. The highest BCUT2D eigenvalue weighted by molar-refractivity contribution is 5.54. The number of allylic oxidation sites excluding steroid dienone is 1. The smallest absolute Gasteiger partial charge is 0.244 e. The highest BCUT2D eigenvalue weighted by Gasteiger charge is 2.33. The molecule has 0 unspecified atom stereocenters. The quantitative estimate of drug-likeness (QED) is 0.811. The highest BCUT2D eigenvalue weighted by atomic mass is 16.5. The predicted molar refractivity (Wildman–Crippen MR) is 69.1 cm³/mol. The van der Waals surface area contributed by atoms with Gasteiger partial charge in [0, 0.05) is 11.3 Å². The molecule has 0 spiro atoms. The summed E-state index contributed by atoms with van der Waals surface area (Å²) in [6.45, 7) is 1.90. The number of fused-ring (bicyclic) bond motifs is 1. The number of H-pyrrole nitrogens is 1. The molecule has 0 radical (unpaired) electrons. The number of benzene rings is 1. The Kier molecular flexibility index (Phi) is 2.50. The Morgan fingerprint density at radius 3 is 2.79 bits per heavy atom. The maximum Gasteiger partial charge on any atom is 0.244 e. The molecule has 5 nitrogen and oxygen atoms in total. The highest BCUT2D eigenvalue weighted by Crippen LogP contribution is 2.42. The summed E-state index contributed by atoms with van der Waals surface area (Å²) in [7, 11) is 0. The third kappa shape index (κ3) is 1.66. The van der Waals surface area contributed by atoms with Gasteiger partial charge in [0.25, 0.3) is 0 Å². The summed E-state index contributed by atoms with van der Waals surface area (Å²) < 4.78 is 5.40. The van der Waals surface area contributed by atoms with Gasteiger partial charge < -0.3 is 10.5 Å². The molecule has 2 heterocycles. The molecule has 3 N–H and O–H groups in total. The van der Waals surface area contributed by atoms with Crippen LogP contribution in [0.3, 0.4) is 0 Å². The fourth-order valence-electron chi connectivity index (χ4n) is 2.38. The largest absolute Gasteiger partial charge is 0.420 e. The van der Waals surface area contributed by atoms with E-state index in [0.29, 0.717) is 11.5 Å². The molecule has 1 aromatic carbocycles. The van der Waals surface area contributed by atoms with Crippen LogP contribution in [0.2, 0.25) is 0 Å². The Balaban J connectivity index is 2.25. The van der Waals surface area contributed by atoms with Gasteiger partial charge in [-0.1, -0.05) is 30.3 Å². The van der Waals surface area contributed by atoms with Crippen molar-refractivity contribution in [2.75, 3.05) is 0 Å². The normalized spacial score (nSPS) is 17.6. The summed E-state index contributed by atoms with van der Waals surface area (Å²) >= 11 is 0. The maximum atomic E-state index is 9.35. The van der Waals surface area contributed by atoms with Crippen molar-refractivity contribution in [1.29, 1.82) is 5.26 Å². The second-order valence-electron chi connectivity index (χ2n) is 4.40. The second kappa shape index (κ2) is 4.18. The first-order chi connectivity index (χ1) is 9.22. The number of nitriles is 1. The molecule has 1 aliphatic rings. The van der Waals surface area contributed by atoms with Crippen molar-refractivity contribution < 1.29 is 4.74 Å². The van der Waals surface area contributed by atoms with Gasteiger partial charge in [0.1, 0.15) is 11.6 Å². The van der Waals surface area contributed by atoms with Crippen LogP contribution in [0, 0.1) is 18.3 Å². The SMILES string of the molecule is Cc1[nH]nc2c1[C@H](c1ccccc1)C(C#N)=C(N)O2. The van der Waals surface area contributed by atoms with Crippen LogP contribution >= 0.6 is 0 Å². The fraction of sp³-hybridized carbons (Fsp3) is 0.143. The van der Waals surface area contributed by atoms with Gasteiger partial charge >= 0.3 is 0 Å². The van der Waals surface area contributed by atoms with Gasteiger partial charge in [-0.2, -0.15) is 5.26 Å². The summed E-state index contributed by atoms with van der Waals surface area (Å²) in [5, 5.41) is 16.3. The Labute approximate surface area is 110 Å². The Morgan fingerprint density at radius 1 is 1.37 bits per heavy atom. The first-order valence-corrected chi connectivity index (χ1v) is 5.89. The summed E-state index contributed by atoms with van der Waals surface area (Å²) in [5.41, 5.74) is 8.99. The number of nitrogens with two attached hydrogens (primary N) is 1. The molecule has 94 valence electrons. The number of ether oxygens (including phenoxy) is 1. The lowest BCUT2D eigenvalue weighted by atomic mass is 9.84. The van der Waals surface area contributed by atoms with Crippen LogP contribution in [-0.2, 0) is 0 Å². The minimum atomic E-state index is -0.228. The van der Waals surface area contributed by atoms with Crippen LogP contribution in [0.15, 0.2) is 41.8 Å². The minimum absolute atomic E-state index is 0.121. The average molecular weight is 252 g/mol. The first-order valence-electron chi connectivity index (χ1n) is 5.89. The van der Waals surface area contributed by atoms with E-state index in [2.05, 4.69) is 16.3 Å². The first kappa shape index (κ1) is 11.4. The molecule has 0 saturated heterocycles. The topological polar surface area (TPSA) is 87.7 Å². The van der Waals surface area contributed by atoms with Gasteiger partial charge in [-0.25, -0.2) is 0 Å². The number of aryl methyl sites for hydroxylation is 1. The summed E-state index contributed by atoms with van der Waals surface area (Å²) in [5.74, 6) is 0.340. The fourth-order valence-corrected chi connectivity index (χ4v) is 2.38. The molecule has 2 aromatic rings. The van der Waals surface area contributed by atoms with Crippen LogP contribution in [0.4, 0.5) is 0 Å². The number of aromatic nitrogens is 2. The molecule has 1 aliphatic heterocycles. The lowest BCUT2D eigenvalue weighted by Gasteiger charge is -2.23. The van der Waals surface area contributed by atoms with E-state index < -0.39 is 0 Å². The standard InChI is InChI=1S/C14H12N4O/c1-8-11-12(9-5-3-2-4-6-9)10(7-15)13(16)19-14(11)18-17-8/h2-6,12H,16H2,1H3,(H,17,18)/t12-/m1/s1. The van der Waals surface area contributed by atoms with Gasteiger partial charge in [-0.15, -0.1) is 5.10 Å². The van der Waals surface area contributed by atoms with E-state index in [1.165, 1.54) is 0 Å². The summed E-state index contributed by atoms with van der Waals surface area (Å²) in [6, 6.07) is 11.9. The molecule has 0 amide bonds. The second-order valence-corrected chi connectivity index (χ2v) is 4.40. The van der Waals surface area contributed by atoms with Crippen molar-refractivity contribution >= 4 is 0 Å². The van der Waals surface area contributed by atoms with Crippen molar-refractivity contribution in [1.82, 2.24) is 10.2 Å². The third-order valence-electron chi connectivity index (χ3n) is 3.26. The predicted octanol–water partition coefficient (Wildman–Crippen LogP) is 1.94. The number of hydrogen-bond donors (Lipinski definition) is 2. The van der Waals surface area contributed by atoms with E-state index in [1.54, 1.807) is 0 Å². The van der Waals surface area contributed by atoms with E-state index in [-0.39, 0.29) is 11.8 Å². The number of aromatic amines is 1. The molecule has 1 aromatic heterocycles. The molecule has 0 fully saturated rings. The molecule has 1 atom stereocenters. The van der Waals surface area contributed by atoms with E-state index in [9.17, 15) is 5.26 Å². The molecule has 5 heteroatoms. The number of nitrogens with zero attached hydrogens (tertiary/aromatic N) is 2. The van der Waals surface area contributed by atoms with Gasteiger partial charge in [0.05, 0.1) is 5.92 Å². The maximum absolute atomic E-state index is 9.35. The van der Waals surface area contributed by atoms with Gasteiger partial charge in [0.15, 0.2) is 0 Å². The van der Waals surface area contributed by atoms with Crippen LogP contribution in [0.5, 0.6) is 5.88 Å². The molecular weight excluding hydrogens is 240 g/mol. The van der Waals surface area contributed by atoms with Gasteiger partial charge in [0.2, 0.25) is 11.8 Å². The van der Waals surface area contributed by atoms with Gasteiger partial charge in [-0.05, 0) is 12.5 Å². The summed E-state index contributed by atoms with van der Waals surface area (Å²) in [4.78, 5) is 0. The van der Waals surface area contributed by atoms with Crippen LogP contribution in [0.1, 0.15) is 22.7 Å². The Hall–Kier alpha value is -2.74. The molecular formula is C14H12N4O. The molecule has 0 aliphatic carbocycles. The zero-order valence-corrected chi connectivity index (χ0v) is 10.3. The van der Waals surface area contributed by atoms with Crippen LogP contribution in [0.25, 0.3) is 0 Å². The van der Waals surface area contributed by atoms with Crippen LogP contribution < -0.4 is 10.5 Å². The van der Waals surface area contributed by atoms with Crippen molar-refractivity contribution in [2.45, 2.75) is 12.8 Å². The van der Waals surface area contributed by atoms with E-state index in [4.69, 9.17) is 10.5 Å². The van der Waals surface area contributed by atoms with Crippen LogP contribution in [-0.4, -0.2) is 10.2 Å². The monoisotopic (exact) mass is 252 g/mol. The average Bonchev–Trinajstić information content (AvgIpc) is 2.79. The van der Waals surface area contributed by atoms with E-state index in [1.807, 2.05) is 37.3 Å². The Morgan fingerprint density at radius 2 is 2.11 bits per heavy atom. The van der Waals surface area contributed by atoms with Gasteiger partial charge in [-0.3, -0.25) is 5.10 Å². The van der Waals surface area contributed by atoms with E-state index in [0.717, 1.165) is 16.8 Å². The zero-order chi connectivity index (χ0) is 13.4. The lowest BCUT2D eigenvalue weighted by Crippen LogP contribution is -2.20.